The summed E-state index contributed by atoms with van der Waals surface area (Å²) in [5, 5.41) is 6.94. The quantitative estimate of drug-likeness (QED) is 0.525. The van der Waals surface area contributed by atoms with E-state index >= 15 is 0 Å². The number of rotatable bonds is 5. The molecule has 0 unspecified atom stereocenters. The first-order chi connectivity index (χ1) is 13.0. The normalized spacial score (nSPS) is 12.3. The Bertz CT molecular complexity index is 1020. The number of aromatic nitrogens is 1. The molecule has 0 amide bonds. The summed E-state index contributed by atoms with van der Waals surface area (Å²) in [6, 6.07) is 13.1. The maximum Gasteiger partial charge on any atom is 0.206 e. The Balaban J connectivity index is 2.08. The standard InChI is InChI=1S/C23H27N3S/c1-6-19-8-10-20(11-9-19)14-25-26-22(15-27-23(26)24-7-2)21-13-17(4)16(3)12-18(21)5/h8-15H,6-7H2,1-5H3. The third kappa shape index (κ3) is 4.28. The fourth-order valence-electron chi connectivity index (χ4n) is 3.04. The summed E-state index contributed by atoms with van der Waals surface area (Å²) in [5.41, 5.74) is 8.60. The molecule has 3 aromatic rings. The summed E-state index contributed by atoms with van der Waals surface area (Å²) in [4.78, 5) is 5.55. The van der Waals surface area contributed by atoms with Gasteiger partial charge in [0.1, 0.15) is 0 Å². The minimum Gasteiger partial charge on any atom is -0.258 e. The molecule has 3 nitrogen and oxygen atoms in total. The van der Waals surface area contributed by atoms with Crippen LogP contribution in [0.15, 0.2) is 51.9 Å². The van der Waals surface area contributed by atoms with Gasteiger partial charge in [-0.05, 0) is 68.0 Å². The molecule has 0 bridgehead atoms. The predicted molar refractivity (Wildman–Crippen MR) is 117 cm³/mol. The lowest BCUT2D eigenvalue weighted by Gasteiger charge is -2.10. The van der Waals surface area contributed by atoms with Crippen LogP contribution >= 0.6 is 11.3 Å². The van der Waals surface area contributed by atoms with Crippen LogP contribution < -0.4 is 4.80 Å². The first-order valence-electron chi connectivity index (χ1n) is 9.46. The lowest BCUT2D eigenvalue weighted by atomic mass is 9.99. The summed E-state index contributed by atoms with van der Waals surface area (Å²) < 4.78 is 1.97. The van der Waals surface area contributed by atoms with Crippen LogP contribution in [-0.4, -0.2) is 17.4 Å². The van der Waals surface area contributed by atoms with Crippen LogP contribution in [0.3, 0.4) is 0 Å². The van der Waals surface area contributed by atoms with Crippen LogP contribution in [0.1, 0.15) is 41.7 Å². The maximum atomic E-state index is 4.79. The van der Waals surface area contributed by atoms with Gasteiger partial charge in [0.25, 0.3) is 0 Å². The van der Waals surface area contributed by atoms with E-state index < -0.39 is 0 Å². The van der Waals surface area contributed by atoms with Crippen LogP contribution in [-0.2, 0) is 6.42 Å². The largest absolute Gasteiger partial charge is 0.258 e. The third-order valence-electron chi connectivity index (χ3n) is 4.81. The summed E-state index contributed by atoms with van der Waals surface area (Å²) in [5.74, 6) is 0. The highest BCUT2D eigenvalue weighted by atomic mass is 32.1. The van der Waals surface area contributed by atoms with Gasteiger partial charge < -0.3 is 0 Å². The van der Waals surface area contributed by atoms with Crippen molar-refractivity contribution in [2.24, 2.45) is 10.1 Å². The number of benzene rings is 2. The van der Waals surface area contributed by atoms with Crippen LogP contribution in [0.4, 0.5) is 0 Å². The topological polar surface area (TPSA) is 29.6 Å². The van der Waals surface area contributed by atoms with Crippen molar-refractivity contribution in [2.45, 2.75) is 41.0 Å². The number of aryl methyl sites for hydroxylation is 4. The zero-order valence-electron chi connectivity index (χ0n) is 16.8. The van der Waals surface area contributed by atoms with Crippen LogP contribution in [0.2, 0.25) is 0 Å². The molecule has 0 fully saturated rings. The molecule has 0 aliphatic carbocycles. The molecule has 2 aromatic carbocycles. The van der Waals surface area contributed by atoms with Crippen molar-refractivity contribution in [3.63, 3.8) is 0 Å². The van der Waals surface area contributed by atoms with E-state index in [-0.39, 0.29) is 0 Å². The van der Waals surface area contributed by atoms with E-state index in [2.05, 4.69) is 81.4 Å². The number of hydrogen-bond donors (Lipinski definition) is 0. The predicted octanol–water partition coefficient (Wildman–Crippen LogP) is 5.51. The van der Waals surface area contributed by atoms with Gasteiger partial charge in [0, 0.05) is 17.5 Å². The van der Waals surface area contributed by atoms with Gasteiger partial charge in [0.05, 0.1) is 11.9 Å². The maximum absolute atomic E-state index is 4.79. The molecule has 0 radical (unpaired) electrons. The Hall–Kier alpha value is -2.46. The molecule has 0 saturated carbocycles. The van der Waals surface area contributed by atoms with Crippen molar-refractivity contribution in [2.75, 3.05) is 6.54 Å². The van der Waals surface area contributed by atoms with Crippen molar-refractivity contribution >= 4 is 17.6 Å². The Morgan fingerprint density at radius 2 is 1.67 bits per heavy atom. The fourth-order valence-corrected chi connectivity index (χ4v) is 3.93. The summed E-state index contributed by atoms with van der Waals surface area (Å²) in [6.07, 6.45) is 2.97. The van der Waals surface area contributed by atoms with Gasteiger partial charge in [0.15, 0.2) is 0 Å². The molecule has 0 N–H and O–H groups in total. The smallest absolute Gasteiger partial charge is 0.206 e. The molecular formula is C23H27N3S. The molecule has 1 heterocycles. The second-order valence-corrected chi connectivity index (χ2v) is 7.62. The van der Waals surface area contributed by atoms with E-state index in [1.807, 2.05) is 10.9 Å². The average molecular weight is 378 g/mol. The molecule has 0 aliphatic heterocycles. The first kappa shape index (κ1) is 19.3. The SMILES string of the molecule is CCN=c1scc(-c2cc(C)c(C)cc2C)n1N=Cc1ccc(CC)cc1. The Kier molecular flexibility index (Phi) is 6.07. The van der Waals surface area contributed by atoms with Crippen molar-refractivity contribution in [3.8, 4) is 11.3 Å². The Labute approximate surface area is 165 Å². The van der Waals surface area contributed by atoms with E-state index in [1.54, 1.807) is 11.3 Å². The highest BCUT2D eigenvalue weighted by Crippen LogP contribution is 2.27. The van der Waals surface area contributed by atoms with Crippen molar-refractivity contribution < 1.29 is 0 Å². The van der Waals surface area contributed by atoms with Crippen molar-refractivity contribution in [1.82, 2.24) is 4.68 Å². The molecule has 0 spiro atoms. The van der Waals surface area contributed by atoms with E-state index in [1.165, 1.54) is 27.8 Å². The molecule has 140 valence electrons. The molecule has 27 heavy (non-hydrogen) atoms. The van der Waals surface area contributed by atoms with Gasteiger partial charge in [-0.25, -0.2) is 4.68 Å². The molecule has 1 aromatic heterocycles. The number of hydrogen-bond acceptors (Lipinski definition) is 3. The average Bonchev–Trinajstić information content (AvgIpc) is 3.06. The molecule has 4 heteroatoms. The second kappa shape index (κ2) is 8.49. The van der Waals surface area contributed by atoms with Crippen LogP contribution in [0, 0.1) is 20.8 Å². The summed E-state index contributed by atoms with van der Waals surface area (Å²) >= 11 is 1.64. The van der Waals surface area contributed by atoms with E-state index in [9.17, 15) is 0 Å². The van der Waals surface area contributed by atoms with Crippen molar-refractivity contribution in [3.05, 3.63) is 74.4 Å². The van der Waals surface area contributed by atoms with Gasteiger partial charge in [-0.15, -0.1) is 11.3 Å². The van der Waals surface area contributed by atoms with Gasteiger partial charge in [-0.3, -0.25) is 4.99 Å². The highest BCUT2D eigenvalue weighted by molar-refractivity contribution is 7.07. The lowest BCUT2D eigenvalue weighted by molar-refractivity contribution is 0.832. The third-order valence-corrected chi connectivity index (χ3v) is 5.66. The van der Waals surface area contributed by atoms with Crippen molar-refractivity contribution in [1.29, 1.82) is 0 Å². The Morgan fingerprint density at radius 1 is 0.963 bits per heavy atom. The minimum atomic E-state index is 0.743. The number of thiazole rings is 1. The number of nitrogens with zero attached hydrogens (tertiary/aromatic N) is 3. The molecule has 3 rings (SSSR count). The molecule has 0 aliphatic rings. The van der Waals surface area contributed by atoms with Crippen LogP contribution in [0.5, 0.6) is 0 Å². The van der Waals surface area contributed by atoms with E-state index in [0.717, 1.165) is 29.0 Å². The highest BCUT2D eigenvalue weighted by Gasteiger charge is 2.11. The fraction of sp³-hybridized carbons (Fsp3) is 0.304. The summed E-state index contributed by atoms with van der Waals surface area (Å²) in [6.45, 7) is 11.4. The van der Waals surface area contributed by atoms with Crippen LogP contribution in [0.25, 0.3) is 11.3 Å². The van der Waals surface area contributed by atoms with Gasteiger partial charge in [0.2, 0.25) is 4.80 Å². The molecular weight excluding hydrogens is 350 g/mol. The second-order valence-electron chi connectivity index (χ2n) is 6.78. The Morgan fingerprint density at radius 3 is 2.33 bits per heavy atom. The zero-order valence-corrected chi connectivity index (χ0v) is 17.6. The molecule has 0 saturated heterocycles. The van der Waals surface area contributed by atoms with E-state index in [0.29, 0.717) is 0 Å². The monoisotopic (exact) mass is 377 g/mol. The van der Waals surface area contributed by atoms with E-state index in [4.69, 9.17) is 5.10 Å². The van der Waals surface area contributed by atoms with Gasteiger partial charge in [-0.1, -0.05) is 37.3 Å². The first-order valence-corrected chi connectivity index (χ1v) is 10.3. The molecule has 0 atom stereocenters. The van der Waals surface area contributed by atoms with Gasteiger partial charge >= 0.3 is 0 Å². The zero-order chi connectivity index (χ0) is 19.4. The minimum absolute atomic E-state index is 0.743. The summed E-state index contributed by atoms with van der Waals surface area (Å²) in [7, 11) is 0. The van der Waals surface area contributed by atoms with Gasteiger partial charge in [-0.2, -0.15) is 5.10 Å². The lowest BCUT2D eigenvalue weighted by Crippen LogP contribution is -2.12.